The van der Waals surface area contributed by atoms with Crippen molar-refractivity contribution in [1.29, 1.82) is 0 Å². The highest BCUT2D eigenvalue weighted by Gasteiger charge is 2.19. The monoisotopic (exact) mass is 392 g/mol. The van der Waals surface area contributed by atoms with Crippen molar-refractivity contribution in [2.24, 2.45) is 4.99 Å². The van der Waals surface area contributed by atoms with Crippen LogP contribution in [0, 0.1) is 0 Å². The zero-order chi connectivity index (χ0) is 17.6. The smallest absolute Gasteiger partial charge is 0.213 e. The van der Waals surface area contributed by atoms with E-state index in [0.29, 0.717) is 19.0 Å². The van der Waals surface area contributed by atoms with Gasteiger partial charge in [0.25, 0.3) is 0 Å². The Morgan fingerprint density at radius 3 is 2.71 bits per heavy atom. The number of benzene rings is 1. The fourth-order valence-corrected chi connectivity index (χ4v) is 2.49. The second-order valence-corrected chi connectivity index (χ2v) is 7.46. The molecule has 0 aliphatic carbocycles. The first-order chi connectivity index (χ1) is 11.4. The minimum atomic E-state index is -0.0372. The summed E-state index contributed by atoms with van der Waals surface area (Å²) in [6.45, 7) is 10.3. The number of rotatable bonds is 5. The number of oxazole rings is 1. The van der Waals surface area contributed by atoms with Crippen LogP contribution in [-0.4, -0.2) is 17.5 Å². The number of nitrogens with zero attached hydrogens (tertiary/aromatic N) is 2. The zero-order valence-corrected chi connectivity index (χ0v) is 16.3. The number of aliphatic imine (C=N–C) groups is 1. The van der Waals surface area contributed by atoms with Gasteiger partial charge in [-0.2, -0.15) is 0 Å². The van der Waals surface area contributed by atoms with E-state index in [1.165, 1.54) is 0 Å². The van der Waals surface area contributed by atoms with Crippen LogP contribution in [0.2, 0.25) is 0 Å². The van der Waals surface area contributed by atoms with Gasteiger partial charge in [0.15, 0.2) is 5.96 Å². The molecule has 0 atom stereocenters. The van der Waals surface area contributed by atoms with Crippen molar-refractivity contribution in [2.45, 2.75) is 46.2 Å². The Balaban J connectivity index is 1.98. The number of hydrogen-bond donors (Lipinski definition) is 2. The van der Waals surface area contributed by atoms with Crippen molar-refractivity contribution in [3.05, 3.63) is 52.1 Å². The molecule has 1 aromatic carbocycles. The molecule has 1 heterocycles. The van der Waals surface area contributed by atoms with Gasteiger partial charge in [0.1, 0.15) is 5.76 Å². The van der Waals surface area contributed by atoms with Crippen molar-refractivity contribution < 1.29 is 4.42 Å². The maximum Gasteiger partial charge on any atom is 0.213 e. The number of hydrogen-bond acceptors (Lipinski definition) is 3. The number of nitrogens with one attached hydrogen (secondary N) is 2. The number of aromatic nitrogens is 1. The minimum Gasteiger partial charge on any atom is -0.443 e. The summed E-state index contributed by atoms with van der Waals surface area (Å²) < 4.78 is 6.85. The lowest BCUT2D eigenvalue weighted by molar-refractivity contribution is 0.379. The van der Waals surface area contributed by atoms with Crippen molar-refractivity contribution in [3.8, 4) is 0 Å². The molecule has 2 aromatic rings. The van der Waals surface area contributed by atoms with Crippen LogP contribution in [0.25, 0.3) is 0 Å². The summed E-state index contributed by atoms with van der Waals surface area (Å²) in [5.41, 5.74) is 1.11. The summed E-state index contributed by atoms with van der Waals surface area (Å²) in [5.74, 6) is 2.29. The van der Waals surface area contributed by atoms with E-state index < -0.39 is 0 Å². The normalized spacial score (nSPS) is 12.3. The van der Waals surface area contributed by atoms with E-state index in [1.807, 2.05) is 19.1 Å². The zero-order valence-electron chi connectivity index (χ0n) is 14.7. The third-order valence-electron chi connectivity index (χ3n) is 3.35. The molecule has 0 aliphatic rings. The van der Waals surface area contributed by atoms with Crippen LogP contribution in [0.5, 0.6) is 0 Å². The molecule has 2 rings (SSSR count). The third kappa shape index (κ3) is 5.67. The van der Waals surface area contributed by atoms with E-state index in [4.69, 9.17) is 4.42 Å². The molecule has 0 fully saturated rings. The fraction of sp³-hybridized carbons (Fsp3) is 0.444. The van der Waals surface area contributed by atoms with Crippen LogP contribution in [0.4, 0.5) is 0 Å². The van der Waals surface area contributed by atoms with Crippen molar-refractivity contribution in [1.82, 2.24) is 15.6 Å². The standard InChI is InChI=1S/C18H25BrN4O/c1-5-20-17(22-10-13-7-6-8-14(19)9-13)23-12-16-21-11-15(24-16)18(2,3)4/h6-9,11H,5,10,12H2,1-4H3,(H2,20,22,23). The first-order valence-electron chi connectivity index (χ1n) is 8.10. The van der Waals surface area contributed by atoms with Crippen LogP contribution in [0.1, 0.15) is 44.9 Å². The van der Waals surface area contributed by atoms with Crippen LogP contribution in [0.15, 0.2) is 44.3 Å². The molecule has 0 radical (unpaired) electrons. The lowest BCUT2D eigenvalue weighted by Gasteiger charge is -2.13. The predicted octanol–water partition coefficient (Wildman–Crippen LogP) is 3.99. The summed E-state index contributed by atoms with van der Waals surface area (Å²) in [6, 6.07) is 8.14. The summed E-state index contributed by atoms with van der Waals surface area (Å²) >= 11 is 3.48. The molecule has 0 saturated heterocycles. The van der Waals surface area contributed by atoms with Crippen LogP contribution < -0.4 is 10.6 Å². The molecule has 0 saturated carbocycles. The van der Waals surface area contributed by atoms with E-state index in [2.05, 4.69) is 69.4 Å². The summed E-state index contributed by atoms with van der Waals surface area (Å²) in [6.07, 6.45) is 1.79. The average molecular weight is 393 g/mol. The second-order valence-electron chi connectivity index (χ2n) is 6.55. The first kappa shape index (κ1) is 18.5. The van der Waals surface area contributed by atoms with Gasteiger partial charge in [-0.3, -0.25) is 0 Å². The fourth-order valence-electron chi connectivity index (χ4n) is 2.05. The van der Waals surface area contributed by atoms with Gasteiger partial charge in [0.05, 0.1) is 19.3 Å². The molecule has 0 unspecified atom stereocenters. The van der Waals surface area contributed by atoms with E-state index >= 15 is 0 Å². The molecule has 24 heavy (non-hydrogen) atoms. The number of guanidine groups is 1. The Labute approximate surface area is 152 Å². The SMILES string of the molecule is CCNC(=NCc1cccc(Br)c1)NCc1ncc(C(C)(C)C)o1. The highest BCUT2D eigenvalue weighted by Crippen LogP contribution is 2.22. The molecule has 0 spiro atoms. The molecule has 0 amide bonds. The second kappa shape index (κ2) is 8.33. The van der Waals surface area contributed by atoms with Gasteiger partial charge < -0.3 is 15.1 Å². The van der Waals surface area contributed by atoms with Crippen LogP contribution >= 0.6 is 15.9 Å². The first-order valence-corrected chi connectivity index (χ1v) is 8.89. The maximum absolute atomic E-state index is 5.79. The lowest BCUT2D eigenvalue weighted by atomic mass is 9.94. The minimum absolute atomic E-state index is 0.0372. The molecule has 1 aromatic heterocycles. The quantitative estimate of drug-likeness (QED) is 0.596. The molecule has 0 bridgehead atoms. The largest absolute Gasteiger partial charge is 0.443 e. The van der Waals surface area contributed by atoms with E-state index in [-0.39, 0.29) is 5.41 Å². The molecule has 6 heteroatoms. The van der Waals surface area contributed by atoms with E-state index in [9.17, 15) is 0 Å². The molecule has 2 N–H and O–H groups in total. The average Bonchev–Trinajstić information content (AvgIpc) is 2.99. The van der Waals surface area contributed by atoms with Gasteiger partial charge in [-0.05, 0) is 24.6 Å². The van der Waals surface area contributed by atoms with Crippen molar-refractivity contribution >= 4 is 21.9 Å². The van der Waals surface area contributed by atoms with Gasteiger partial charge in [-0.1, -0.05) is 48.8 Å². The van der Waals surface area contributed by atoms with Crippen LogP contribution in [0.3, 0.4) is 0 Å². The van der Waals surface area contributed by atoms with E-state index in [0.717, 1.165) is 28.3 Å². The Morgan fingerprint density at radius 2 is 2.08 bits per heavy atom. The Bertz CT molecular complexity index is 688. The molecule has 0 aliphatic heterocycles. The highest BCUT2D eigenvalue weighted by molar-refractivity contribution is 9.10. The Hall–Kier alpha value is -1.82. The summed E-state index contributed by atoms with van der Waals surface area (Å²) in [4.78, 5) is 8.93. The topological polar surface area (TPSA) is 62.5 Å². The maximum atomic E-state index is 5.79. The van der Waals surface area contributed by atoms with Gasteiger partial charge in [0, 0.05) is 16.4 Å². The Morgan fingerprint density at radius 1 is 1.29 bits per heavy atom. The molecular formula is C18H25BrN4O. The van der Waals surface area contributed by atoms with Crippen molar-refractivity contribution in [2.75, 3.05) is 6.54 Å². The number of halogens is 1. The van der Waals surface area contributed by atoms with Gasteiger partial charge in [0.2, 0.25) is 5.89 Å². The lowest BCUT2D eigenvalue weighted by Crippen LogP contribution is -2.36. The highest BCUT2D eigenvalue weighted by atomic mass is 79.9. The van der Waals surface area contributed by atoms with Crippen LogP contribution in [-0.2, 0) is 18.5 Å². The van der Waals surface area contributed by atoms with Crippen molar-refractivity contribution in [3.63, 3.8) is 0 Å². The van der Waals surface area contributed by atoms with Gasteiger partial charge >= 0.3 is 0 Å². The van der Waals surface area contributed by atoms with Gasteiger partial charge in [-0.15, -0.1) is 0 Å². The molecule has 5 nitrogen and oxygen atoms in total. The van der Waals surface area contributed by atoms with E-state index in [1.54, 1.807) is 6.20 Å². The van der Waals surface area contributed by atoms with Gasteiger partial charge in [-0.25, -0.2) is 9.98 Å². The Kier molecular flexibility index (Phi) is 6.43. The third-order valence-corrected chi connectivity index (χ3v) is 3.85. The molecule has 130 valence electrons. The molecular weight excluding hydrogens is 368 g/mol. The predicted molar refractivity (Wildman–Crippen MR) is 101 cm³/mol. The summed E-state index contributed by atoms with van der Waals surface area (Å²) in [5, 5.41) is 6.49. The summed E-state index contributed by atoms with van der Waals surface area (Å²) in [7, 11) is 0.